The molecule has 0 atom stereocenters. The van der Waals surface area contributed by atoms with Crippen LogP contribution in [0.2, 0.25) is 0 Å². The molecule has 186 valence electrons. The molecule has 0 aliphatic rings. The van der Waals surface area contributed by atoms with Crippen LogP contribution in [0.5, 0.6) is 5.75 Å². The van der Waals surface area contributed by atoms with Gasteiger partial charge in [-0.3, -0.25) is 4.79 Å². The Bertz CT molecular complexity index is 1450. The van der Waals surface area contributed by atoms with Gasteiger partial charge in [0.2, 0.25) is 15.9 Å². The molecule has 0 radical (unpaired) electrons. The molecule has 0 saturated heterocycles. The van der Waals surface area contributed by atoms with Crippen LogP contribution in [0.1, 0.15) is 16.7 Å². The lowest BCUT2D eigenvalue weighted by molar-refractivity contribution is -0.121. The van der Waals surface area contributed by atoms with Gasteiger partial charge in [-0.1, -0.05) is 72.8 Å². The second-order valence-corrected chi connectivity index (χ2v) is 10.6. The number of methoxy groups -OCH3 is 1. The average molecular weight is 503 g/mol. The third-order valence-electron chi connectivity index (χ3n) is 6.17. The number of rotatable bonds is 10. The van der Waals surface area contributed by atoms with Crippen molar-refractivity contribution in [3.8, 4) is 5.75 Å². The van der Waals surface area contributed by atoms with Gasteiger partial charge in [0.05, 0.1) is 18.6 Å². The van der Waals surface area contributed by atoms with Crippen LogP contribution in [0.25, 0.3) is 10.8 Å². The maximum atomic E-state index is 13.6. The second kappa shape index (κ2) is 11.4. The minimum Gasteiger partial charge on any atom is -0.496 e. The Kier molecular flexibility index (Phi) is 8.03. The molecule has 0 heterocycles. The van der Waals surface area contributed by atoms with Crippen molar-refractivity contribution in [1.82, 2.24) is 9.62 Å². The highest BCUT2D eigenvalue weighted by Crippen LogP contribution is 2.24. The van der Waals surface area contributed by atoms with Gasteiger partial charge >= 0.3 is 0 Å². The summed E-state index contributed by atoms with van der Waals surface area (Å²) in [5, 5.41) is 5.05. The fourth-order valence-electron chi connectivity index (χ4n) is 4.20. The summed E-state index contributed by atoms with van der Waals surface area (Å²) in [5.74, 6) is 0.252. The Morgan fingerprint density at radius 2 is 1.64 bits per heavy atom. The SMILES string of the molecule is COc1ccc(S(=O)(=O)N(CCc2ccccc2)CC(=O)NCc2cccc3ccccc23)cc1C. The van der Waals surface area contributed by atoms with E-state index in [2.05, 4.69) is 5.32 Å². The van der Waals surface area contributed by atoms with E-state index in [9.17, 15) is 13.2 Å². The van der Waals surface area contributed by atoms with Crippen molar-refractivity contribution in [3.05, 3.63) is 108 Å². The monoisotopic (exact) mass is 502 g/mol. The lowest BCUT2D eigenvalue weighted by Crippen LogP contribution is -2.41. The Balaban J connectivity index is 1.53. The number of carbonyl (C=O) groups excluding carboxylic acids is 1. The summed E-state index contributed by atoms with van der Waals surface area (Å²) in [4.78, 5) is 13.1. The number of ether oxygens (including phenoxy) is 1. The van der Waals surface area contributed by atoms with Gasteiger partial charge in [0.25, 0.3) is 0 Å². The smallest absolute Gasteiger partial charge is 0.243 e. The fraction of sp³-hybridized carbons (Fsp3) is 0.207. The molecule has 0 saturated carbocycles. The van der Waals surface area contributed by atoms with Crippen LogP contribution in [-0.2, 0) is 27.8 Å². The van der Waals surface area contributed by atoms with Crippen LogP contribution < -0.4 is 10.1 Å². The molecule has 4 aromatic rings. The molecular formula is C29H30N2O4S. The number of aryl methyl sites for hydroxylation is 1. The predicted octanol–water partition coefficient (Wildman–Crippen LogP) is 4.71. The largest absolute Gasteiger partial charge is 0.496 e. The first-order valence-electron chi connectivity index (χ1n) is 11.8. The Labute approximate surface area is 212 Å². The van der Waals surface area contributed by atoms with E-state index in [4.69, 9.17) is 4.74 Å². The summed E-state index contributed by atoms with van der Waals surface area (Å²) < 4.78 is 33.7. The molecule has 4 rings (SSSR count). The lowest BCUT2D eigenvalue weighted by atomic mass is 10.0. The van der Waals surface area contributed by atoms with E-state index < -0.39 is 10.0 Å². The molecule has 0 aliphatic heterocycles. The summed E-state index contributed by atoms with van der Waals surface area (Å²) in [6, 6.07) is 28.3. The Hall–Kier alpha value is -3.68. The summed E-state index contributed by atoms with van der Waals surface area (Å²) >= 11 is 0. The molecule has 0 fully saturated rings. The average Bonchev–Trinajstić information content (AvgIpc) is 2.90. The molecular weight excluding hydrogens is 472 g/mol. The highest BCUT2D eigenvalue weighted by Gasteiger charge is 2.27. The zero-order valence-corrected chi connectivity index (χ0v) is 21.3. The van der Waals surface area contributed by atoms with Gasteiger partial charge in [-0.2, -0.15) is 4.31 Å². The van der Waals surface area contributed by atoms with E-state index in [1.165, 1.54) is 10.4 Å². The highest BCUT2D eigenvalue weighted by molar-refractivity contribution is 7.89. The maximum Gasteiger partial charge on any atom is 0.243 e. The van der Waals surface area contributed by atoms with Crippen molar-refractivity contribution in [2.24, 2.45) is 0 Å². The number of nitrogens with one attached hydrogen (secondary N) is 1. The normalized spacial score (nSPS) is 11.5. The van der Waals surface area contributed by atoms with Gasteiger partial charge in [-0.25, -0.2) is 8.42 Å². The van der Waals surface area contributed by atoms with Crippen LogP contribution in [0.3, 0.4) is 0 Å². The van der Waals surface area contributed by atoms with E-state index >= 15 is 0 Å². The summed E-state index contributed by atoms with van der Waals surface area (Å²) in [6.07, 6.45) is 0.492. The first kappa shape index (κ1) is 25.4. The molecule has 4 aromatic carbocycles. The Morgan fingerprint density at radius 1 is 0.917 bits per heavy atom. The quantitative estimate of drug-likeness (QED) is 0.341. The zero-order valence-electron chi connectivity index (χ0n) is 20.5. The van der Waals surface area contributed by atoms with Gasteiger partial charge in [-0.15, -0.1) is 0 Å². The van der Waals surface area contributed by atoms with E-state index in [-0.39, 0.29) is 23.9 Å². The summed E-state index contributed by atoms with van der Waals surface area (Å²) in [6.45, 7) is 2.02. The van der Waals surface area contributed by atoms with Crippen molar-refractivity contribution in [2.75, 3.05) is 20.2 Å². The van der Waals surface area contributed by atoms with Crippen LogP contribution in [-0.4, -0.2) is 38.8 Å². The summed E-state index contributed by atoms with van der Waals surface area (Å²) in [5.41, 5.74) is 2.69. The second-order valence-electron chi connectivity index (χ2n) is 8.62. The molecule has 36 heavy (non-hydrogen) atoms. The molecule has 0 unspecified atom stereocenters. The topological polar surface area (TPSA) is 75.7 Å². The van der Waals surface area contributed by atoms with E-state index in [1.807, 2.05) is 72.8 Å². The number of carbonyl (C=O) groups is 1. The van der Waals surface area contributed by atoms with E-state index in [0.29, 0.717) is 24.3 Å². The van der Waals surface area contributed by atoms with Gasteiger partial charge in [0, 0.05) is 13.1 Å². The minimum atomic E-state index is -3.91. The van der Waals surface area contributed by atoms with Crippen LogP contribution >= 0.6 is 0 Å². The predicted molar refractivity (Wildman–Crippen MR) is 142 cm³/mol. The van der Waals surface area contributed by atoms with Crippen LogP contribution in [0, 0.1) is 6.92 Å². The van der Waals surface area contributed by atoms with Gasteiger partial charge in [0.1, 0.15) is 5.75 Å². The number of hydrogen-bond donors (Lipinski definition) is 1. The maximum absolute atomic E-state index is 13.6. The third-order valence-corrected chi connectivity index (χ3v) is 8.01. The molecule has 0 spiro atoms. The molecule has 0 bridgehead atoms. The number of sulfonamides is 1. The van der Waals surface area contributed by atoms with E-state index in [0.717, 1.165) is 21.9 Å². The molecule has 0 aliphatic carbocycles. The first-order valence-corrected chi connectivity index (χ1v) is 13.2. The molecule has 0 aromatic heterocycles. The standard InChI is InChI=1S/C29H30N2O4S/c1-22-19-26(15-16-28(22)35-2)36(33,34)31(18-17-23-9-4-3-5-10-23)21-29(32)30-20-25-13-8-12-24-11-6-7-14-27(24)25/h3-16,19H,17-18,20-21H2,1-2H3,(H,30,32). The lowest BCUT2D eigenvalue weighted by Gasteiger charge is -2.22. The number of amides is 1. The first-order chi connectivity index (χ1) is 17.4. The molecule has 6 nitrogen and oxygen atoms in total. The number of fused-ring (bicyclic) bond motifs is 1. The molecule has 1 N–H and O–H groups in total. The van der Waals surface area contributed by atoms with Gasteiger partial charge in [0.15, 0.2) is 0 Å². The molecule has 7 heteroatoms. The summed E-state index contributed by atoms with van der Waals surface area (Å²) in [7, 11) is -2.37. The number of hydrogen-bond acceptors (Lipinski definition) is 4. The van der Waals surface area contributed by atoms with Crippen LogP contribution in [0.15, 0.2) is 95.9 Å². The van der Waals surface area contributed by atoms with Crippen molar-refractivity contribution in [2.45, 2.75) is 24.8 Å². The van der Waals surface area contributed by atoms with Crippen molar-refractivity contribution in [1.29, 1.82) is 0 Å². The van der Waals surface area contributed by atoms with Crippen molar-refractivity contribution < 1.29 is 17.9 Å². The highest BCUT2D eigenvalue weighted by atomic mass is 32.2. The van der Waals surface area contributed by atoms with E-state index in [1.54, 1.807) is 26.2 Å². The van der Waals surface area contributed by atoms with Gasteiger partial charge in [-0.05, 0) is 59.0 Å². The fourth-order valence-corrected chi connectivity index (χ4v) is 5.68. The third kappa shape index (κ3) is 5.93. The Morgan fingerprint density at radius 3 is 2.39 bits per heavy atom. The number of benzene rings is 4. The minimum absolute atomic E-state index is 0.135. The van der Waals surface area contributed by atoms with Crippen LogP contribution in [0.4, 0.5) is 0 Å². The zero-order chi connectivity index (χ0) is 25.5. The molecule has 1 amide bonds. The van der Waals surface area contributed by atoms with Crippen molar-refractivity contribution >= 4 is 26.7 Å². The number of nitrogens with zero attached hydrogens (tertiary/aromatic N) is 1. The van der Waals surface area contributed by atoms with Gasteiger partial charge < -0.3 is 10.1 Å². The van der Waals surface area contributed by atoms with Crippen molar-refractivity contribution in [3.63, 3.8) is 0 Å².